The number of halogens is 2. The molecule has 3 heterocycles. The summed E-state index contributed by atoms with van der Waals surface area (Å²) in [4.78, 5) is 35.1. The molecule has 2 fully saturated rings. The van der Waals surface area contributed by atoms with Crippen LogP contribution in [0.1, 0.15) is 105 Å². The van der Waals surface area contributed by atoms with Crippen molar-refractivity contribution in [3.63, 3.8) is 0 Å². The number of hydrogen-bond acceptors (Lipinski definition) is 5. The van der Waals surface area contributed by atoms with Gasteiger partial charge < -0.3 is 10.6 Å². The fourth-order valence-electron chi connectivity index (χ4n) is 5.45. The van der Waals surface area contributed by atoms with Crippen LogP contribution in [0.4, 0.5) is 8.78 Å². The second-order valence-corrected chi connectivity index (χ2v) is 11.0. The highest BCUT2D eigenvalue weighted by atomic mass is 19.3. The number of rotatable bonds is 11. The molecule has 0 spiro atoms. The largest absolute Gasteiger partial charge is 0.347 e. The summed E-state index contributed by atoms with van der Waals surface area (Å²) in [7, 11) is 0. The molecule has 3 aromatic rings. The lowest BCUT2D eigenvalue weighted by Gasteiger charge is -2.33. The van der Waals surface area contributed by atoms with Gasteiger partial charge >= 0.3 is 0 Å². The average Bonchev–Trinajstić information content (AvgIpc) is 3.48. The first kappa shape index (κ1) is 27.2. The van der Waals surface area contributed by atoms with Crippen LogP contribution in [0.15, 0.2) is 30.9 Å². The van der Waals surface area contributed by atoms with Gasteiger partial charge in [-0.1, -0.05) is 13.8 Å². The van der Waals surface area contributed by atoms with Crippen molar-refractivity contribution in [2.24, 2.45) is 11.8 Å². The van der Waals surface area contributed by atoms with Crippen molar-refractivity contribution in [3.05, 3.63) is 47.8 Å². The van der Waals surface area contributed by atoms with Gasteiger partial charge in [0, 0.05) is 44.4 Å². The zero-order valence-electron chi connectivity index (χ0n) is 22.6. The summed E-state index contributed by atoms with van der Waals surface area (Å²) < 4.78 is 31.5. The third-order valence-electron chi connectivity index (χ3n) is 7.76. The van der Waals surface area contributed by atoms with Crippen molar-refractivity contribution in [2.45, 2.75) is 96.2 Å². The molecule has 0 unspecified atom stereocenters. The van der Waals surface area contributed by atoms with E-state index >= 15 is 0 Å². The Morgan fingerprint density at radius 1 is 1.00 bits per heavy atom. The van der Waals surface area contributed by atoms with Gasteiger partial charge in [0.25, 0.3) is 5.91 Å². The molecule has 2 aliphatic carbocycles. The summed E-state index contributed by atoms with van der Waals surface area (Å²) in [6.45, 7) is 4.71. The molecule has 0 bridgehead atoms. The molecule has 2 saturated carbocycles. The summed E-state index contributed by atoms with van der Waals surface area (Å²) >= 11 is 0. The lowest BCUT2D eigenvalue weighted by molar-refractivity contribution is -0.122. The van der Waals surface area contributed by atoms with Gasteiger partial charge in [-0.15, -0.1) is 0 Å². The highest BCUT2D eigenvalue weighted by Crippen LogP contribution is 2.42. The molecule has 3 aromatic heterocycles. The van der Waals surface area contributed by atoms with Gasteiger partial charge in [-0.25, -0.2) is 18.7 Å². The Hall–Kier alpha value is -3.37. The Kier molecular flexibility index (Phi) is 7.95. The van der Waals surface area contributed by atoms with Crippen molar-refractivity contribution in [1.29, 1.82) is 0 Å². The fourth-order valence-corrected chi connectivity index (χ4v) is 5.45. The third kappa shape index (κ3) is 6.45. The van der Waals surface area contributed by atoms with Crippen LogP contribution in [0.5, 0.6) is 0 Å². The van der Waals surface area contributed by atoms with Crippen molar-refractivity contribution >= 4 is 17.6 Å². The molecular weight excluding hydrogens is 504 g/mol. The number of imidazole rings is 1. The summed E-state index contributed by atoms with van der Waals surface area (Å²) in [6.07, 6.45) is 11.3. The number of carbonyl (C=O) groups is 2. The number of aromatic nitrogens is 5. The Balaban J connectivity index is 1.41. The Morgan fingerprint density at radius 3 is 2.38 bits per heavy atom. The van der Waals surface area contributed by atoms with Gasteiger partial charge in [0.2, 0.25) is 17.6 Å². The number of hydrogen-bond donors (Lipinski definition) is 2. The van der Waals surface area contributed by atoms with Gasteiger partial charge in [-0.2, -0.15) is 5.10 Å². The number of fused-ring (bicyclic) bond motifs is 1. The number of aryl methyl sites for hydroxylation is 1. The molecule has 9 nitrogen and oxygen atoms in total. The normalized spacial score (nSPS) is 19.1. The van der Waals surface area contributed by atoms with E-state index in [4.69, 9.17) is 9.97 Å². The van der Waals surface area contributed by atoms with Gasteiger partial charge in [0.15, 0.2) is 0 Å². The number of nitrogens with one attached hydrogen (secondary N) is 2. The van der Waals surface area contributed by atoms with Gasteiger partial charge in [-0.3, -0.25) is 18.7 Å². The zero-order valence-corrected chi connectivity index (χ0v) is 22.6. The molecule has 2 aliphatic rings. The Labute approximate surface area is 226 Å². The lowest BCUT2D eigenvalue weighted by Crippen LogP contribution is -2.37. The maximum atomic E-state index is 14.0. The smallest absolute Gasteiger partial charge is 0.255 e. The standard InChI is InChI=1S/C28H37F2N7O2/c1-3-5-23(38)34-24(18-6-7-18)21-10-14-36-17-22(33-27(36)32-21)25(19-8-11-28(29,30)12-9-19)35-26(39)20-15-31-37(16-20)13-4-2/h10,14-19,24-25H,3-9,11-13H2,1-2H3,(H,34,38)(H,35,39)/t24-,25-/m0/s1. The molecule has 2 N–H and O–H groups in total. The van der Waals surface area contributed by atoms with Crippen LogP contribution >= 0.6 is 0 Å². The molecular formula is C28H37F2N7O2. The fraction of sp³-hybridized carbons (Fsp3) is 0.607. The average molecular weight is 542 g/mol. The lowest BCUT2D eigenvalue weighted by atomic mass is 9.81. The molecule has 0 radical (unpaired) electrons. The van der Waals surface area contributed by atoms with Crippen LogP contribution < -0.4 is 10.6 Å². The third-order valence-corrected chi connectivity index (χ3v) is 7.76. The topological polar surface area (TPSA) is 106 Å². The SMILES string of the molecule is CCCC(=O)N[C@H](c1ccn2cc([C@@H](NC(=O)c3cnn(CCC)c3)C3CCC(F)(F)CC3)nc2n1)C1CC1. The molecule has 210 valence electrons. The van der Waals surface area contributed by atoms with Crippen LogP contribution in [0.3, 0.4) is 0 Å². The number of amides is 2. The minimum Gasteiger partial charge on any atom is -0.347 e. The van der Waals surface area contributed by atoms with Crippen molar-refractivity contribution in [1.82, 2.24) is 34.8 Å². The highest BCUT2D eigenvalue weighted by Gasteiger charge is 2.40. The monoisotopic (exact) mass is 541 g/mol. The molecule has 0 saturated heterocycles. The number of nitrogens with zero attached hydrogens (tertiary/aromatic N) is 5. The van der Waals surface area contributed by atoms with E-state index in [0.717, 1.165) is 31.4 Å². The zero-order chi connectivity index (χ0) is 27.6. The summed E-state index contributed by atoms with van der Waals surface area (Å²) in [6, 6.07) is 1.19. The van der Waals surface area contributed by atoms with Crippen LogP contribution in [-0.4, -0.2) is 41.9 Å². The first-order chi connectivity index (χ1) is 18.8. The maximum Gasteiger partial charge on any atom is 0.255 e. The first-order valence-electron chi connectivity index (χ1n) is 14.1. The van der Waals surface area contributed by atoms with E-state index in [0.29, 0.717) is 35.9 Å². The Bertz CT molecular complexity index is 1310. The van der Waals surface area contributed by atoms with E-state index in [1.54, 1.807) is 15.3 Å². The summed E-state index contributed by atoms with van der Waals surface area (Å²) in [5.74, 6) is -2.34. The predicted octanol–water partition coefficient (Wildman–Crippen LogP) is 5.00. The van der Waals surface area contributed by atoms with Gasteiger partial charge in [0.1, 0.15) is 0 Å². The number of alkyl halides is 2. The van der Waals surface area contributed by atoms with E-state index < -0.39 is 12.0 Å². The van der Waals surface area contributed by atoms with Crippen LogP contribution in [0.2, 0.25) is 0 Å². The van der Waals surface area contributed by atoms with Crippen LogP contribution in [0, 0.1) is 11.8 Å². The van der Waals surface area contributed by atoms with E-state index in [1.165, 1.54) is 6.20 Å². The maximum absolute atomic E-state index is 14.0. The summed E-state index contributed by atoms with van der Waals surface area (Å²) in [5.41, 5.74) is 1.77. The van der Waals surface area contributed by atoms with E-state index in [-0.39, 0.29) is 49.5 Å². The number of carbonyl (C=O) groups excluding carboxylic acids is 2. The van der Waals surface area contributed by atoms with Crippen molar-refractivity contribution < 1.29 is 18.4 Å². The Morgan fingerprint density at radius 2 is 1.69 bits per heavy atom. The second kappa shape index (κ2) is 11.4. The highest BCUT2D eigenvalue weighted by molar-refractivity contribution is 5.94. The van der Waals surface area contributed by atoms with Gasteiger partial charge in [0.05, 0.1) is 35.2 Å². The molecule has 0 aromatic carbocycles. The van der Waals surface area contributed by atoms with E-state index in [9.17, 15) is 18.4 Å². The van der Waals surface area contributed by atoms with E-state index in [1.807, 2.05) is 32.3 Å². The molecule has 5 rings (SSSR count). The molecule has 39 heavy (non-hydrogen) atoms. The molecule has 0 aliphatic heterocycles. The van der Waals surface area contributed by atoms with Crippen LogP contribution in [0.25, 0.3) is 5.78 Å². The minimum atomic E-state index is -2.68. The molecule has 2 amide bonds. The second-order valence-electron chi connectivity index (χ2n) is 11.0. The minimum absolute atomic E-state index is 0.0132. The predicted molar refractivity (Wildman–Crippen MR) is 141 cm³/mol. The molecule has 11 heteroatoms. The summed E-state index contributed by atoms with van der Waals surface area (Å²) in [5, 5.41) is 10.4. The van der Waals surface area contributed by atoms with Gasteiger partial charge in [-0.05, 0) is 56.4 Å². The van der Waals surface area contributed by atoms with E-state index in [2.05, 4.69) is 15.7 Å². The molecule has 2 atom stereocenters. The van der Waals surface area contributed by atoms with Crippen molar-refractivity contribution in [2.75, 3.05) is 0 Å². The van der Waals surface area contributed by atoms with Crippen molar-refractivity contribution in [3.8, 4) is 0 Å². The van der Waals surface area contributed by atoms with Crippen LogP contribution in [-0.2, 0) is 11.3 Å². The first-order valence-corrected chi connectivity index (χ1v) is 14.1. The quantitative estimate of drug-likeness (QED) is 0.355.